The van der Waals surface area contributed by atoms with Crippen LogP contribution in [0.4, 0.5) is 5.00 Å². The molecule has 10 heteroatoms. The van der Waals surface area contributed by atoms with Gasteiger partial charge >= 0.3 is 5.97 Å². The fraction of sp³-hybridized carbons (Fsp3) is 0.259. The highest BCUT2D eigenvalue weighted by Crippen LogP contribution is 2.33. The van der Waals surface area contributed by atoms with Gasteiger partial charge in [-0.2, -0.15) is 5.10 Å². The van der Waals surface area contributed by atoms with Crippen LogP contribution in [0.1, 0.15) is 50.6 Å². The second-order valence-electron chi connectivity index (χ2n) is 7.96. The third kappa shape index (κ3) is 7.17. The predicted molar refractivity (Wildman–Crippen MR) is 143 cm³/mol. The van der Waals surface area contributed by atoms with Gasteiger partial charge in [-0.25, -0.2) is 10.2 Å². The zero-order valence-electron chi connectivity index (χ0n) is 21.3. The number of methoxy groups -OCH3 is 1. The lowest BCUT2D eigenvalue weighted by Crippen LogP contribution is -2.33. The molecule has 1 aromatic heterocycles. The molecular formula is C27H29N3O6S. The Hall–Kier alpha value is -4.18. The molecule has 2 aromatic carbocycles. The summed E-state index contributed by atoms with van der Waals surface area (Å²) in [6.45, 7) is 7.27. The molecule has 0 saturated heterocycles. The molecule has 1 heterocycles. The molecule has 0 saturated carbocycles. The number of anilines is 1. The second kappa shape index (κ2) is 12.7. The first-order chi connectivity index (χ1) is 17.7. The molecule has 2 amide bonds. The first-order valence-electron chi connectivity index (χ1n) is 11.6. The molecule has 0 aliphatic heterocycles. The lowest BCUT2D eigenvalue weighted by Gasteiger charge is -2.13. The monoisotopic (exact) mass is 523 g/mol. The average molecular weight is 524 g/mol. The maximum Gasteiger partial charge on any atom is 0.341 e. The van der Waals surface area contributed by atoms with E-state index in [4.69, 9.17) is 14.2 Å². The normalized spacial score (nSPS) is 11.6. The van der Waals surface area contributed by atoms with Crippen molar-refractivity contribution in [1.82, 2.24) is 5.43 Å². The van der Waals surface area contributed by atoms with Crippen molar-refractivity contribution >= 4 is 40.3 Å². The lowest BCUT2D eigenvalue weighted by molar-refractivity contribution is -0.127. The van der Waals surface area contributed by atoms with Gasteiger partial charge in [0.2, 0.25) is 0 Å². The molecule has 0 aliphatic carbocycles. The van der Waals surface area contributed by atoms with Crippen molar-refractivity contribution in [3.63, 3.8) is 0 Å². The van der Waals surface area contributed by atoms with E-state index < -0.39 is 18.0 Å². The summed E-state index contributed by atoms with van der Waals surface area (Å²) in [5, 5.41) is 7.19. The summed E-state index contributed by atoms with van der Waals surface area (Å²) in [5.74, 6) is -0.189. The van der Waals surface area contributed by atoms with Crippen LogP contribution < -0.4 is 20.2 Å². The Morgan fingerprint density at radius 1 is 1.08 bits per heavy atom. The van der Waals surface area contributed by atoms with Crippen molar-refractivity contribution < 1.29 is 28.6 Å². The van der Waals surface area contributed by atoms with Crippen LogP contribution in [-0.2, 0) is 9.53 Å². The quantitative estimate of drug-likeness (QED) is 0.226. The molecule has 0 spiro atoms. The number of ether oxygens (including phenoxy) is 3. The fourth-order valence-corrected chi connectivity index (χ4v) is 4.31. The minimum Gasteiger partial charge on any atom is -0.497 e. The SMILES string of the molecule is CCOC(=O)c1c(NC(=O)c2ccc(O[C@@H](C)C(=O)N/N=C\c3cccc(OC)c3)cc2)sc(C)c1C. The van der Waals surface area contributed by atoms with Gasteiger partial charge in [0.1, 0.15) is 16.5 Å². The molecular weight excluding hydrogens is 494 g/mol. The van der Waals surface area contributed by atoms with Crippen molar-refractivity contribution in [2.75, 3.05) is 19.0 Å². The van der Waals surface area contributed by atoms with E-state index in [-0.39, 0.29) is 12.5 Å². The maximum atomic E-state index is 12.8. The van der Waals surface area contributed by atoms with E-state index in [0.29, 0.717) is 27.6 Å². The third-order valence-corrected chi connectivity index (χ3v) is 6.50. The molecule has 0 radical (unpaired) electrons. The summed E-state index contributed by atoms with van der Waals surface area (Å²) in [5.41, 5.74) is 4.72. The smallest absolute Gasteiger partial charge is 0.341 e. The zero-order chi connectivity index (χ0) is 26.9. The summed E-state index contributed by atoms with van der Waals surface area (Å²) in [6, 6.07) is 13.6. The molecule has 194 valence electrons. The summed E-state index contributed by atoms with van der Waals surface area (Å²) in [6.07, 6.45) is 0.677. The van der Waals surface area contributed by atoms with Crippen LogP contribution >= 0.6 is 11.3 Å². The zero-order valence-corrected chi connectivity index (χ0v) is 22.1. The van der Waals surface area contributed by atoms with Crippen LogP contribution in [0.2, 0.25) is 0 Å². The van der Waals surface area contributed by atoms with Crippen molar-refractivity contribution in [1.29, 1.82) is 0 Å². The number of benzene rings is 2. The number of hydrogen-bond acceptors (Lipinski definition) is 8. The highest BCUT2D eigenvalue weighted by molar-refractivity contribution is 7.16. The van der Waals surface area contributed by atoms with Gasteiger partial charge in [0, 0.05) is 10.4 Å². The standard InChI is InChI=1S/C27H29N3O6S/c1-6-35-27(33)23-16(2)18(4)37-26(23)29-25(32)20-10-12-21(13-11-20)36-17(3)24(31)30-28-15-19-8-7-9-22(14-19)34-5/h7-15,17H,6H2,1-5H3,(H,29,32)(H,30,31)/b28-15-/t17-/m0/s1. The molecule has 0 aliphatic rings. The van der Waals surface area contributed by atoms with Crippen molar-refractivity contribution in [3.8, 4) is 11.5 Å². The summed E-state index contributed by atoms with van der Waals surface area (Å²) in [7, 11) is 1.57. The van der Waals surface area contributed by atoms with Crippen molar-refractivity contribution in [2.45, 2.75) is 33.8 Å². The van der Waals surface area contributed by atoms with Crippen LogP contribution in [0.5, 0.6) is 11.5 Å². The number of hydrogen-bond donors (Lipinski definition) is 2. The molecule has 1 atom stereocenters. The van der Waals surface area contributed by atoms with Crippen LogP contribution in [0.25, 0.3) is 0 Å². The molecule has 0 bridgehead atoms. The Morgan fingerprint density at radius 3 is 2.49 bits per heavy atom. The van der Waals surface area contributed by atoms with Gasteiger partial charge < -0.3 is 19.5 Å². The topological polar surface area (TPSA) is 115 Å². The van der Waals surface area contributed by atoms with E-state index in [1.807, 2.05) is 32.0 Å². The number of nitrogens with zero attached hydrogens (tertiary/aromatic N) is 1. The van der Waals surface area contributed by atoms with E-state index >= 15 is 0 Å². The van der Waals surface area contributed by atoms with E-state index in [1.54, 1.807) is 51.3 Å². The second-order valence-corrected chi connectivity index (χ2v) is 9.18. The number of thiophene rings is 1. The van der Waals surface area contributed by atoms with Crippen LogP contribution in [0.15, 0.2) is 53.6 Å². The van der Waals surface area contributed by atoms with E-state index in [0.717, 1.165) is 16.0 Å². The number of nitrogens with one attached hydrogen (secondary N) is 2. The first kappa shape index (κ1) is 27.4. The predicted octanol–water partition coefficient (Wildman–Crippen LogP) is 4.72. The number of carbonyl (C=O) groups excluding carboxylic acids is 3. The molecule has 9 nitrogen and oxygen atoms in total. The Kier molecular flexibility index (Phi) is 9.39. The van der Waals surface area contributed by atoms with Crippen molar-refractivity contribution in [2.24, 2.45) is 5.10 Å². The molecule has 3 aromatic rings. The minimum absolute atomic E-state index is 0.243. The van der Waals surface area contributed by atoms with Gasteiger partial charge in [-0.1, -0.05) is 12.1 Å². The highest BCUT2D eigenvalue weighted by Gasteiger charge is 2.22. The number of amides is 2. The molecule has 2 N–H and O–H groups in total. The number of carbonyl (C=O) groups is 3. The fourth-order valence-electron chi connectivity index (χ4n) is 3.27. The third-order valence-electron chi connectivity index (χ3n) is 5.37. The number of hydrazone groups is 1. The molecule has 37 heavy (non-hydrogen) atoms. The van der Waals surface area contributed by atoms with Gasteiger partial charge in [0.25, 0.3) is 11.8 Å². The summed E-state index contributed by atoms with van der Waals surface area (Å²) >= 11 is 1.32. The van der Waals surface area contributed by atoms with Crippen molar-refractivity contribution in [3.05, 3.63) is 75.7 Å². The maximum absolute atomic E-state index is 12.8. The van der Waals surface area contributed by atoms with Crippen LogP contribution in [-0.4, -0.2) is 43.8 Å². The van der Waals surface area contributed by atoms with Crippen LogP contribution in [0, 0.1) is 13.8 Å². The molecule has 0 fully saturated rings. The Balaban J connectivity index is 1.58. The summed E-state index contributed by atoms with van der Waals surface area (Å²) in [4.78, 5) is 38.4. The van der Waals surface area contributed by atoms with E-state index in [1.165, 1.54) is 17.6 Å². The van der Waals surface area contributed by atoms with Gasteiger partial charge in [0.05, 0.1) is 25.5 Å². The van der Waals surface area contributed by atoms with Crippen LogP contribution in [0.3, 0.4) is 0 Å². The van der Waals surface area contributed by atoms with Gasteiger partial charge in [-0.05, 0) is 75.2 Å². The number of rotatable bonds is 10. The Morgan fingerprint density at radius 2 is 1.81 bits per heavy atom. The Labute approximate surface area is 219 Å². The van der Waals surface area contributed by atoms with Gasteiger partial charge in [0.15, 0.2) is 6.10 Å². The molecule has 0 unspecified atom stereocenters. The largest absolute Gasteiger partial charge is 0.497 e. The van der Waals surface area contributed by atoms with E-state index in [9.17, 15) is 14.4 Å². The van der Waals surface area contributed by atoms with E-state index in [2.05, 4.69) is 15.8 Å². The minimum atomic E-state index is -0.827. The molecule has 3 rings (SSSR count). The highest BCUT2D eigenvalue weighted by atomic mass is 32.1. The number of esters is 1. The lowest BCUT2D eigenvalue weighted by atomic mass is 10.1. The van der Waals surface area contributed by atoms with Gasteiger partial charge in [-0.3, -0.25) is 9.59 Å². The number of aryl methyl sites for hydroxylation is 1. The average Bonchev–Trinajstić information content (AvgIpc) is 3.17. The van der Waals surface area contributed by atoms with Gasteiger partial charge in [-0.15, -0.1) is 11.3 Å². The summed E-state index contributed by atoms with van der Waals surface area (Å²) < 4.78 is 16.0. The Bertz CT molecular complexity index is 1300. The first-order valence-corrected chi connectivity index (χ1v) is 12.4.